The second kappa shape index (κ2) is 6.84. The molecule has 1 fully saturated rings. The van der Waals surface area contributed by atoms with E-state index in [-0.39, 0.29) is 5.91 Å². The van der Waals surface area contributed by atoms with E-state index >= 15 is 0 Å². The fourth-order valence-corrected chi connectivity index (χ4v) is 2.82. The van der Waals surface area contributed by atoms with Gasteiger partial charge in [-0.05, 0) is 41.6 Å². The van der Waals surface area contributed by atoms with Crippen LogP contribution in [-0.2, 0) is 11.3 Å². The largest absolute Gasteiger partial charge is 0.497 e. The lowest BCUT2D eigenvalue weighted by molar-refractivity contribution is -0.122. The van der Waals surface area contributed by atoms with E-state index in [0.717, 1.165) is 16.9 Å². The number of ether oxygens (including phenoxy) is 1. The minimum atomic E-state index is -0.0813. The second-order valence-electron chi connectivity index (χ2n) is 5.52. The SMILES string of the molecule is COc1ccc(/C=C2/C(=O)N(Cc3ccccc3)C(=S)N2C)cc1. The van der Waals surface area contributed by atoms with Crippen LogP contribution in [0, 0.1) is 0 Å². The molecule has 0 aromatic heterocycles. The number of amides is 1. The summed E-state index contributed by atoms with van der Waals surface area (Å²) in [6.45, 7) is 0.475. The van der Waals surface area contributed by atoms with Gasteiger partial charge >= 0.3 is 0 Å². The molecule has 2 aromatic rings. The molecule has 0 radical (unpaired) electrons. The summed E-state index contributed by atoms with van der Waals surface area (Å²) in [6, 6.07) is 17.4. The van der Waals surface area contributed by atoms with Crippen molar-refractivity contribution in [1.82, 2.24) is 9.80 Å². The normalized spacial score (nSPS) is 16.2. The highest BCUT2D eigenvalue weighted by Crippen LogP contribution is 2.24. The van der Waals surface area contributed by atoms with Crippen molar-refractivity contribution in [3.63, 3.8) is 0 Å². The van der Waals surface area contributed by atoms with Gasteiger partial charge in [-0.15, -0.1) is 0 Å². The zero-order valence-corrected chi connectivity index (χ0v) is 14.4. The third kappa shape index (κ3) is 3.16. The molecule has 0 N–H and O–H groups in total. The fourth-order valence-electron chi connectivity index (χ4n) is 2.57. The van der Waals surface area contributed by atoms with Crippen molar-refractivity contribution in [2.75, 3.05) is 14.2 Å². The lowest BCUT2D eigenvalue weighted by atomic mass is 10.1. The fraction of sp³-hybridized carbons (Fsp3) is 0.158. The van der Waals surface area contributed by atoms with Crippen LogP contribution in [0.4, 0.5) is 0 Å². The molecule has 0 aliphatic carbocycles. The van der Waals surface area contributed by atoms with Gasteiger partial charge in [0.15, 0.2) is 5.11 Å². The molecule has 1 aliphatic rings. The summed E-state index contributed by atoms with van der Waals surface area (Å²) in [5, 5.41) is 0.517. The first-order chi connectivity index (χ1) is 11.6. The average Bonchev–Trinajstić information content (AvgIpc) is 2.81. The molecule has 0 saturated carbocycles. The lowest BCUT2D eigenvalue weighted by Gasteiger charge is -2.16. The maximum atomic E-state index is 12.8. The number of rotatable bonds is 4. The molecule has 1 heterocycles. The Morgan fingerprint density at radius 2 is 1.75 bits per heavy atom. The van der Waals surface area contributed by atoms with Crippen LogP contribution in [0.15, 0.2) is 60.3 Å². The van der Waals surface area contributed by atoms with E-state index in [1.807, 2.05) is 67.7 Å². The Kier molecular flexibility index (Phi) is 4.62. The van der Waals surface area contributed by atoms with E-state index < -0.39 is 0 Å². The van der Waals surface area contributed by atoms with Crippen molar-refractivity contribution in [2.24, 2.45) is 0 Å². The number of hydrogen-bond donors (Lipinski definition) is 0. The number of thiocarbonyl (C=S) groups is 1. The molecular formula is C19H18N2O2S. The molecule has 4 nitrogen and oxygen atoms in total. The van der Waals surface area contributed by atoms with Gasteiger partial charge in [0.2, 0.25) is 0 Å². The van der Waals surface area contributed by atoms with Crippen molar-refractivity contribution in [1.29, 1.82) is 0 Å². The van der Waals surface area contributed by atoms with Crippen molar-refractivity contribution in [2.45, 2.75) is 6.54 Å². The van der Waals surface area contributed by atoms with Gasteiger partial charge in [-0.1, -0.05) is 42.5 Å². The molecule has 0 unspecified atom stereocenters. The van der Waals surface area contributed by atoms with E-state index in [1.165, 1.54) is 0 Å². The van der Waals surface area contributed by atoms with Crippen molar-refractivity contribution >= 4 is 29.3 Å². The Morgan fingerprint density at radius 1 is 1.08 bits per heavy atom. The number of hydrogen-bond acceptors (Lipinski definition) is 3. The molecule has 3 rings (SSSR count). The van der Waals surface area contributed by atoms with Crippen molar-refractivity contribution in [3.8, 4) is 5.75 Å². The average molecular weight is 338 g/mol. The lowest BCUT2D eigenvalue weighted by Crippen LogP contribution is -2.30. The number of likely N-dealkylation sites (N-methyl/N-ethyl adjacent to an activating group) is 1. The zero-order valence-electron chi connectivity index (χ0n) is 13.6. The van der Waals surface area contributed by atoms with E-state index in [0.29, 0.717) is 17.4 Å². The Hall–Kier alpha value is -2.66. The van der Waals surface area contributed by atoms with Gasteiger partial charge in [0, 0.05) is 7.05 Å². The summed E-state index contributed by atoms with van der Waals surface area (Å²) in [4.78, 5) is 16.1. The van der Waals surface area contributed by atoms with Gasteiger partial charge in [0.25, 0.3) is 5.91 Å². The molecule has 2 aromatic carbocycles. The monoisotopic (exact) mass is 338 g/mol. The smallest absolute Gasteiger partial charge is 0.277 e. The van der Waals surface area contributed by atoms with E-state index in [4.69, 9.17) is 17.0 Å². The highest BCUT2D eigenvalue weighted by molar-refractivity contribution is 7.80. The molecular weight excluding hydrogens is 320 g/mol. The van der Waals surface area contributed by atoms with Crippen LogP contribution in [0.25, 0.3) is 6.08 Å². The first-order valence-corrected chi connectivity index (χ1v) is 8.00. The van der Waals surface area contributed by atoms with Gasteiger partial charge < -0.3 is 9.64 Å². The standard InChI is InChI=1S/C19H18N2O2S/c1-20-17(12-14-8-10-16(23-2)11-9-14)18(22)21(19(20)24)13-15-6-4-3-5-7-15/h3-12H,13H2,1-2H3/b17-12-. The Labute approximate surface area is 147 Å². The highest BCUT2D eigenvalue weighted by atomic mass is 32.1. The minimum Gasteiger partial charge on any atom is -0.497 e. The second-order valence-corrected chi connectivity index (χ2v) is 5.89. The van der Waals surface area contributed by atoms with Crippen molar-refractivity contribution < 1.29 is 9.53 Å². The summed E-state index contributed by atoms with van der Waals surface area (Å²) >= 11 is 5.44. The first-order valence-electron chi connectivity index (χ1n) is 7.59. The third-order valence-electron chi connectivity index (χ3n) is 3.95. The van der Waals surface area contributed by atoms with Crippen LogP contribution in [0.5, 0.6) is 5.75 Å². The molecule has 0 spiro atoms. The summed E-state index contributed by atoms with van der Waals surface area (Å²) in [6.07, 6.45) is 1.85. The predicted molar refractivity (Wildman–Crippen MR) is 98.3 cm³/mol. The van der Waals surface area contributed by atoms with Crippen LogP contribution in [0.1, 0.15) is 11.1 Å². The maximum Gasteiger partial charge on any atom is 0.277 e. The van der Waals surface area contributed by atoms with Crippen LogP contribution >= 0.6 is 12.2 Å². The summed E-state index contributed by atoms with van der Waals surface area (Å²) in [5.41, 5.74) is 2.55. The Balaban J connectivity index is 1.85. The molecule has 1 amide bonds. The van der Waals surface area contributed by atoms with E-state index in [2.05, 4.69) is 0 Å². The van der Waals surface area contributed by atoms with Crippen molar-refractivity contribution in [3.05, 3.63) is 71.4 Å². The zero-order chi connectivity index (χ0) is 17.1. The number of carbonyl (C=O) groups excluding carboxylic acids is 1. The van der Waals surface area contributed by atoms with Gasteiger partial charge in [0.05, 0.1) is 13.7 Å². The van der Waals surface area contributed by atoms with Crippen LogP contribution in [0.3, 0.4) is 0 Å². The topological polar surface area (TPSA) is 32.8 Å². The van der Waals surface area contributed by atoms with E-state index in [9.17, 15) is 4.79 Å². The summed E-state index contributed by atoms with van der Waals surface area (Å²) in [5.74, 6) is 0.701. The molecule has 1 aliphatic heterocycles. The van der Waals surface area contributed by atoms with Gasteiger partial charge in [-0.2, -0.15) is 0 Å². The predicted octanol–water partition coefficient (Wildman–Crippen LogP) is 3.30. The molecule has 0 atom stereocenters. The quantitative estimate of drug-likeness (QED) is 0.633. The molecule has 1 saturated heterocycles. The highest BCUT2D eigenvalue weighted by Gasteiger charge is 2.35. The maximum absolute atomic E-state index is 12.8. The third-order valence-corrected chi connectivity index (χ3v) is 4.44. The summed E-state index contributed by atoms with van der Waals surface area (Å²) < 4.78 is 5.15. The van der Waals surface area contributed by atoms with Gasteiger partial charge in [-0.25, -0.2) is 0 Å². The van der Waals surface area contributed by atoms with Gasteiger partial charge in [0.1, 0.15) is 11.4 Å². The Bertz CT molecular complexity index is 785. The Morgan fingerprint density at radius 3 is 2.38 bits per heavy atom. The molecule has 0 bridgehead atoms. The summed E-state index contributed by atoms with van der Waals surface area (Å²) in [7, 11) is 3.45. The van der Waals surface area contributed by atoms with Crippen LogP contribution < -0.4 is 4.74 Å². The number of carbonyl (C=O) groups is 1. The van der Waals surface area contributed by atoms with Crippen LogP contribution in [0.2, 0.25) is 0 Å². The van der Waals surface area contributed by atoms with Gasteiger partial charge in [-0.3, -0.25) is 9.69 Å². The molecule has 122 valence electrons. The number of methoxy groups -OCH3 is 1. The number of benzene rings is 2. The molecule has 24 heavy (non-hydrogen) atoms. The first kappa shape index (κ1) is 16.2. The number of nitrogens with zero attached hydrogens (tertiary/aromatic N) is 2. The van der Waals surface area contributed by atoms with Crippen LogP contribution in [-0.4, -0.2) is 35.0 Å². The van der Waals surface area contributed by atoms with E-state index in [1.54, 1.807) is 16.9 Å². The minimum absolute atomic E-state index is 0.0813. The molecule has 5 heteroatoms.